The molecule has 1 aromatic heterocycles. The maximum Gasteiger partial charge on any atom is 0.408 e. The summed E-state index contributed by atoms with van der Waals surface area (Å²) in [4.78, 5) is 65.1. The molecule has 1 saturated heterocycles. The van der Waals surface area contributed by atoms with Crippen LogP contribution in [0.4, 0.5) is 4.79 Å². The van der Waals surface area contributed by atoms with Crippen molar-refractivity contribution < 1.29 is 38.1 Å². The normalized spacial score (nSPS) is 26.5. The zero-order valence-electron chi connectivity index (χ0n) is 34.4. The molecule has 16 heteroatoms. The van der Waals surface area contributed by atoms with Crippen molar-refractivity contribution in [3.63, 3.8) is 0 Å². The molecule has 4 aliphatic rings. The summed E-state index contributed by atoms with van der Waals surface area (Å²) < 4.78 is 31.8. The number of pyridine rings is 1. The van der Waals surface area contributed by atoms with Crippen molar-refractivity contribution in [3.8, 4) is 11.5 Å². The van der Waals surface area contributed by atoms with Gasteiger partial charge in [-0.3, -0.25) is 24.1 Å². The minimum atomic E-state index is -3.92. The SMILES string of the molecule is C=C[C@@H]1C[C@]1(NC(=O)[C@@H]1C[C@@H](Oc2cc(C3CSC(NC(C)C)=N3)nc3cc(OC)ccc23)CN1C(=O)[C@@H](NC(=O)OC1CCCC1)C(C)(C)C)P(=O)(O)C(C)C. The first kappa shape index (κ1) is 42.8. The second-order valence-electron chi connectivity index (χ2n) is 17.4. The Morgan fingerprint density at radius 3 is 2.46 bits per heavy atom. The molecule has 0 radical (unpaired) electrons. The van der Waals surface area contributed by atoms with Crippen LogP contribution in [0.25, 0.3) is 10.9 Å². The van der Waals surface area contributed by atoms with Crippen molar-refractivity contribution >= 4 is 53.1 Å². The molecule has 0 bridgehead atoms. The number of benzene rings is 1. The number of methoxy groups -OCH3 is 1. The number of nitrogens with one attached hydrogen (secondary N) is 3. The van der Waals surface area contributed by atoms with Gasteiger partial charge in [0, 0.05) is 47.3 Å². The van der Waals surface area contributed by atoms with E-state index in [4.69, 9.17) is 24.2 Å². The number of aromatic nitrogens is 1. The number of ether oxygens (including phenoxy) is 3. The molecule has 2 unspecified atom stereocenters. The van der Waals surface area contributed by atoms with Gasteiger partial charge in [0.15, 0.2) is 5.17 Å². The van der Waals surface area contributed by atoms with Gasteiger partial charge >= 0.3 is 6.09 Å². The molecule has 2 aliphatic carbocycles. The van der Waals surface area contributed by atoms with E-state index in [9.17, 15) is 23.8 Å². The van der Waals surface area contributed by atoms with E-state index in [-0.39, 0.29) is 37.6 Å². The van der Waals surface area contributed by atoms with E-state index in [1.165, 1.54) is 4.90 Å². The topological polar surface area (TPSA) is 181 Å². The van der Waals surface area contributed by atoms with Gasteiger partial charge in [-0.05, 0) is 63.5 Å². The molecular weight excluding hydrogens is 768 g/mol. The van der Waals surface area contributed by atoms with Crippen LogP contribution in [0.3, 0.4) is 0 Å². The highest BCUT2D eigenvalue weighted by atomic mass is 32.2. The van der Waals surface area contributed by atoms with Gasteiger partial charge in [0.1, 0.15) is 47.1 Å². The number of likely N-dealkylation sites (tertiary alicyclic amines) is 1. The van der Waals surface area contributed by atoms with E-state index in [2.05, 4.69) is 36.4 Å². The number of nitrogens with zero attached hydrogens (tertiary/aromatic N) is 3. The quantitative estimate of drug-likeness (QED) is 0.128. The summed E-state index contributed by atoms with van der Waals surface area (Å²) in [6, 6.07) is 5.25. The first-order valence-corrected chi connectivity index (χ1v) is 22.8. The fraction of sp³-hybridized carbons (Fsp3) is 0.634. The van der Waals surface area contributed by atoms with Gasteiger partial charge in [0.2, 0.25) is 19.2 Å². The van der Waals surface area contributed by atoms with E-state index >= 15 is 0 Å². The van der Waals surface area contributed by atoms with Crippen LogP contribution in [0.1, 0.15) is 98.7 Å². The second-order valence-corrected chi connectivity index (χ2v) is 21.5. The highest BCUT2D eigenvalue weighted by molar-refractivity contribution is 8.14. The predicted molar refractivity (Wildman–Crippen MR) is 223 cm³/mol. The molecule has 6 rings (SSSR count). The summed E-state index contributed by atoms with van der Waals surface area (Å²) in [5.41, 5.74) is -0.0407. The van der Waals surface area contributed by atoms with Gasteiger partial charge in [-0.25, -0.2) is 4.79 Å². The van der Waals surface area contributed by atoms with E-state index < -0.39 is 65.7 Å². The summed E-state index contributed by atoms with van der Waals surface area (Å²) in [6.45, 7) is 16.8. The molecule has 4 N–H and O–H groups in total. The highest BCUT2D eigenvalue weighted by Gasteiger charge is 2.66. The summed E-state index contributed by atoms with van der Waals surface area (Å²) in [5.74, 6) is 0.372. The average molecular weight is 827 g/mol. The Morgan fingerprint density at radius 2 is 1.84 bits per heavy atom. The summed E-state index contributed by atoms with van der Waals surface area (Å²) in [6.07, 6.45) is 3.87. The van der Waals surface area contributed by atoms with Crippen LogP contribution in [-0.2, 0) is 18.9 Å². The third-order valence-corrected chi connectivity index (χ3v) is 15.5. The van der Waals surface area contributed by atoms with Crippen LogP contribution >= 0.6 is 19.1 Å². The number of fused-ring (bicyclic) bond motifs is 1. The Labute approximate surface area is 340 Å². The van der Waals surface area contributed by atoms with E-state index in [1.54, 1.807) is 38.8 Å². The maximum atomic E-state index is 14.8. The first-order chi connectivity index (χ1) is 26.9. The molecule has 57 heavy (non-hydrogen) atoms. The zero-order valence-corrected chi connectivity index (χ0v) is 36.1. The van der Waals surface area contributed by atoms with Gasteiger partial charge in [-0.15, -0.1) is 6.58 Å². The number of alkyl carbamates (subject to hydrolysis) is 1. The van der Waals surface area contributed by atoms with Crippen molar-refractivity contribution in [2.75, 3.05) is 19.4 Å². The minimum absolute atomic E-state index is 0.0108. The summed E-state index contributed by atoms with van der Waals surface area (Å²) >= 11 is 1.63. The lowest BCUT2D eigenvalue weighted by atomic mass is 9.85. The number of hydrogen-bond donors (Lipinski definition) is 4. The van der Waals surface area contributed by atoms with Crippen LogP contribution in [0.15, 0.2) is 41.9 Å². The van der Waals surface area contributed by atoms with Crippen LogP contribution in [-0.4, -0.2) is 98.5 Å². The van der Waals surface area contributed by atoms with Gasteiger partial charge in [-0.2, -0.15) is 0 Å². The number of hydrogen-bond acceptors (Lipinski definition) is 11. The molecule has 3 fully saturated rings. The number of rotatable bonds is 13. The molecule has 3 amide bonds. The fourth-order valence-electron chi connectivity index (χ4n) is 8.02. The zero-order chi connectivity index (χ0) is 41.4. The van der Waals surface area contributed by atoms with Crippen molar-refractivity contribution in [2.24, 2.45) is 16.3 Å². The number of aliphatic imine (C=N–C) groups is 1. The Bertz CT molecular complexity index is 1950. The van der Waals surface area contributed by atoms with Crippen molar-refractivity contribution in [1.29, 1.82) is 0 Å². The van der Waals surface area contributed by atoms with Crippen LogP contribution in [0.2, 0.25) is 0 Å². The summed E-state index contributed by atoms with van der Waals surface area (Å²) in [7, 11) is -2.33. The van der Waals surface area contributed by atoms with E-state index in [0.717, 1.165) is 30.9 Å². The Balaban J connectivity index is 1.34. The smallest absolute Gasteiger partial charge is 0.408 e. The molecule has 1 aromatic carbocycles. The fourth-order valence-corrected chi connectivity index (χ4v) is 11.3. The third-order valence-electron chi connectivity index (χ3n) is 11.4. The summed E-state index contributed by atoms with van der Waals surface area (Å²) in [5, 5.41) is 9.32. The molecule has 312 valence electrons. The first-order valence-electron chi connectivity index (χ1n) is 20.0. The average Bonchev–Trinajstić information content (AvgIpc) is 3.55. The predicted octanol–water partition coefficient (Wildman–Crippen LogP) is 6.51. The minimum Gasteiger partial charge on any atom is -0.497 e. The molecule has 2 aromatic rings. The third kappa shape index (κ3) is 9.10. The number of amides is 3. The monoisotopic (exact) mass is 826 g/mol. The number of carbonyl (C=O) groups is 3. The molecule has 0 spiro atoms. The lowest BCUT2D eigenvalue weighted by Gasteiger charge is -2.36. The second kappa shape index (κ2) is 16.8. The molecule has 2 aliphatic heterocycles. The number of amidine groups is 1. The largest absolute Gasteiger partial charge is 0.497 e. The lowest BCUT2D eigenvalue weighted by molar-refractivity contribution is -0.142. The van der Waals surface area contributed by atoms with Crippen LogP contribution in [0.5, 0.6) is 11.5 Å². The Kier molecular flexibility index (Phi) is 12.6. The Hall–Kier alpha value is -3.81. The number of carbonyl (C=O) groups excluding carboxylic acids is 3. The maximum absolute atomic E-state index is 14.8. The van der Waals surface area contributed by atoms with Gasteiger partial charge in [-0.1, -0.05) is 52.5 Å². The van der Waals surface area contributed by atoms with Crippen molar-refractivity contribution in [2.45, 2.75) is 134 Å². The van der Waals surface area contributed by atoms with Crippen LogP contribution < -0.4 is 25.4 Å². The lowest BCUT2D eigenvalue weighted by Crippen LogP contribution is -2.58. The van der Waals surface area contributed by atoms with Crippen LogP contribution in [0, 0.1) is 11.3 Å². The Morgan fingerprint density at radius 1 is 1.12 bits per heavy atom. The molecule has 7 atom stereocenters. The number of thioether (sulfide) groups is 1. The van der Waals surface area contributed by atoms with Gasteiger partial charge in [0.05, 0.1) is 24.9 Å². The molecule has 14 nitrogen and oxygen atoms in total. The van der Waals surface area contributed by atoms with E-state index in [1.807, 2.05) is 45.0 Å². The van der Waals surface area contributed by atoms with Gasteiger partial charge in [0.25, 0.3) is 0 Å². The standard InChI is InChI=1S/C41H59N6O8PS/c1-10-25-20-41(25,56(51,52)24(4)5)46-36(48)33-18-28(21-47(33)37(49)35(40(6,7)8)45-39(50)55-26-13-11-12-14-26)54-34-19-31(32-22-57-38(44-32)42-23(2)3)43-30-17-27(53-9)15-16-29(30)34/h10,15-17,19,23-26,28,32-33,35H,1,11-14,18,20-22H2,2-9H3,(H,42,44)(H,45,50)(H,46,48)(H,51,52)/t25-,28-,32?,33+,35-,41+/m1/s1. The molecule has 2 saturated carbocycles. The van der Waals surface area contributed by atoms with Crippen molar-refractivity contribution in [3.05, 3.63) is 42.6 Å². The van der Waals surface area contributed by atoms with Crippen molar-refractivity contribution in [1.82, 2.24) is 25.8 Å². The highest BCUT2D eigenvalue weighted by Crippen LogP contribution is 2.71. The molecule has 3 heterocycles. The molecular formula is C41H59N6O8PS. The van der Waals surface area contributed by atoms with Gasteiger partial charge < -0.3 is 40.0 Å². The van der Waals surface area contributed by atoms with E-state index in [0.29, 0.717) is 33.8 Å².